The Morgan fingerprint density at radius 2 is 2.00 bits per heavy atom. The average molecular weight is 268 g/mol. The summed E-state index contributed by atoms with van der Waals surface area (Å²) in [6.07, 6.45) is 0. The van der Waals surface area contributed by atoms with Crippen molar-refractivity contribution >= 4 is 15.7 Å². The first-order valence-corrected chi connectivity index (χ1v) is 7.43. The van der Waals surface area contributed by atoms with Crippen molar-refractivity contribution in [3.05, 3.63) is 42.0 Å². The molecule has 1 aromatic rings. The molecule has 0 atom stereocenters. The normalized spacial score (nSPS) is 11.7. The first kappa shape index (κ1) is 14.7. The van der Waals surface area contributed by atoms with Crippen molar-refractivity contribution in [2.75, 3.05) is 18.8 Å². The smallest absolute Gasteiger partial charge is 0.218 e. The van der Waals surface area contributed by atoms with E-state index in [1.807, 2.05) is 13.8 Å². The third-order valence-corrected chi connectivity index (χ3v) is 4.44. The van der Waals surface area contributed by atoms with Crippen LogP contribution in [0.5, 0.6) is 0 Å². The number of sulfonamides is 1. The molecule has 0 spiro atoms. The van der Waals surface area contributed by atoms with Gasteiger partial charge >= 0.3 is 0 Å². The number of anilines is 1. The molecule has 0 saturated heterocycles. The van der Waals surface area contributed by atoms with Crippen LogP contribution in [-0.2, 0) is 15.8 Å². The number of benzene rings is 1. The predicted octanol–water partition coefficient (Wildman–Crippen LogP) is 2.00. The summed E-state index contributed by atoms with van der Waals surface area (Å²) in [5.41, 5.74) is 7.73. The molecule has 4 nitrogen and oxygen atoms in total. The summed E-state index contributed by atoms with van der Waals surface area (Å²) in [6.45, 7) is 8.16. The number of hydrogen-bond acceptors (Lipinski definition) is 3. The number of rotatable bonds is 6. The maximum absolute atomic E-state index is 12.2. The summed E-state index contributed by atoms with van der Waals surface area (Å²) >= 11 is 0. The summed E-state index contributed by atoms with van der Waals surface area (Å²) < 4.78 is 25.9. The van der Waals surface area contributed by atoms with Gasteiger partial charge in [-0.3, -0.25) is 0 Å². The lowest BCUT2D eigenvalue weighted by Crippen LogP contribution is -2.33. The third-order valence-electron chi connectivity index (χ3n) is 2.59. The van der Waals surface area contributed by atoms with Crippen molar-refractivity contribution < 1.29 is 8.42 Å². The van der Waals surface area contributed by atoms with E-state index < -0.39 is 10.0 Å². The Bertz CT molecular complexity index is 524. The second-order valence-electron chi connectivity index (χ2n) is 4.34. The van der Waals surface area contributed by atoms with Gasteiger partial charge in [-0.25, -0.2) is 8.42 Å². The lowest BCUT2D eigenvalue weighted by molar-refractivity contribution is 0.452. The molecule has 5 heteroatoms. The van der Waals surface area contributed by atoms with Crippen LogP contribution in [0.15, 0.2) is 36.4 Å². The van der Waals surface area contributed by atoms with Crippen molar-refractivity contribution in [2.45, 2.75) is 19.6 Å². The lowest BCUT2D eigenvalue weighted by Gasteiger charge is -2.20. The van der Waals surface area contributed by atoms with Gasteiger partial charge in [0.25, 0.3) is 0 Å². The Kier molecular flexibility index (Phi) is 4.93. The molecule has 1 rings (SSSR count). The van der Waals surface area contributed by atoms with E-state index in [0.29, 0.717) is 24.3 Å². The zero-order chi connectivity index (χ0) is 13.8. The molecule has 0 saturated carbocycles. The molecule has 0 bridgehead atoms. The number of hydrogen-bond donors (Lipinski definition) is 1. The van der Waals surface area contributed by atoms with Crippen LogP contribution < -0.4 is 5.73 Å². The van der Waals surface area contributed by atoms with Crippen molar-refractivity contribution in [2.24, 2.45) is 0 Å². The molecule has 0 aromatic heterocycles. The van der Waals surface area contributed by atoms with Gasteiger partial charge in [-0.05, 0) is 18.6 Å². The standard InChI is InChI=1S/C13H20N2O2S/c1-4-15(9-11(2)3)18(16,17)10-12-7-5-6-8-13(12)14/h5-8H,2,4,9-10,14H2,1,3H3. The first-order valence-electron chi connectivity index (χ1n) is 5.82. The van der Waals surface area contributed by atoms with Crippen LogP contribution in [0, 0.1) is 0 Å². The van der Waals surface area contributed by atoms with Crippen LogP contribution in [0.4, 0.5) is 5.69 Å². The summed E-state index contributed by atoms with van der Waals surface area (Å²) in [4.78, 5) is 0. The number of likely N-dealkylation sites (N-methyl/N-ethyl adjacent to an activating group) is 1. The molecule has 0 heterocycles. The van der Waals surface area contributed by atoms with Gasteiger partial charge in [-0.1, -0.05) is 37.3 Å². The second kappa shape index (κ2) is 6.02. The molecule has 0 amide bonds. The van der Waals surface area contributed by atoms with E-state index in [1.54, 1.807) is 24.3 Å². The highest BCUT2D eigenvalue weighted by Gasteiger charge is 2.21. The van der Waals surface area contributed by atoms with E-state index in [0.717, 1.165) is 5.57 Å². The number of nitrogens with two attached hydrogens (primary N) is 1. The van der Waals surface area contributed by atoms with Gasteiger partial charge in [0.15, 0.2) is 0 Å². The molecule has 0 aliphatic carbocycles. The zero-order valence-electron chi connectivity index (χ0n) is 10.9. The fraction of sp³-hybridized carbons (Fsp3) is 0.385. The van der Waals surface area contributed by atoms with Crippen LogP contribution in [0.3, 0.4) is 0 Å². The molecule has 1 aromatic carbocycles. The first-order chi connectivity index (χ1) is 8.36. The second-order valence-corrected chi connectivity index (χ2v) is 6.31. The van der Waals surface area contributed by atoms with E-state index in [-0.39, 0.29) is 5.75 Å². The van der Waals surface area contributed by atoms with Gasteiger partial charge in [0.1, 0.15) is 0 Å². The minimum Gasteiger partial charge on any atom is -0.398 e. The van der Waals surface area contributed by atoms with Crippen LogP contribution in [0.1, 0.15) is 19.4 Å². The molecule has 0 unspecified atom stereocenters. The van der Waals surface area contributed by atoms with Crippen molar-refractivity contribution in [1.82, 2.24) is 4.31 Å². The Hall–Kier alpha value is -1.33. The SMILES string of the molecule is C=C(C)CN(CC)S(=O)(=O)Cc1ccccc1N. The highest BCUT2D eigenvalue weighted by Crippen LogP contribution is 2.17. The van der Waals surface area contributed by atoms with Crippen molar-refractivity contribution in [3.63, 3.8) is 0 Å². The Labute approximate surface area is 109 Å². The summed E-state index contributed by atoms with van der Waals surface area (Å²) in [6, 6.07) is 7.02. The molecule has 0 fully saturated rings. The van der Waals surface area contributed by atoms with Crippen LogP contribution in [-0.4, -0.2) is 25.8 Å². The minimum atomic E-state index is -3.35. The van der Waals surface area contributed by atoms with E-state index in [4.69, 9.17) is 5.73 Å². The van der Waals surface area contributed by atoms with Gasteiger partial charge in [0.2, 0.25) is 10.0 Å². The molecule has 100 valence electrons. The van der Waals surface area contributed by atoms with E-state index in [2.05, 4.69) is 6.58 Å². The highest BCUT2D eigenvalue weighted by molar-refractivity contribution is 7.88. The van der Waals surface area contributed by atoms with E-state index >= 15 is 0 Å². The summed E-state index contributed by atoms with van der Waals surface area (Å²) in [5, 5.41) is 0. The molecule has 0 aliphatic rings. The van der Waals surface area contributed by atoms with Gasteiger partial charge in [0, 0.05) is 18.8 Å². The summed E-state index contributed by atoms with van der Waals surface area (Å²) in [7, 11) is -3.35. The Morgan fingerprint density at radius 3 is 2.50 bits per heavy atom. The Balaban J connectivity index is 2.93. The van der Waals surface area contributed by atoms with Crippen molar-refractivity contribution in [1.29, 1.82) is 0 Å². The maximum atomic E-state index is 12.2. The molecular weight excluding hydrogens is 248 g/mol. The molecule has 0 radical (unpaired) electrons. The van der Waals surface area contributed by atoms with E-state index in [9.17, 15) is 8.42 Å². The number of para-hydroxylation sites is 1. The van der Waals surface area contributed by atoms with Gasteiger partial charge in [-0.2, -0.15) is 4.31 Å². The average Bonchev–Trinajstić information content (AvgIpc) is 2.28. The summed E-state index contributed by atoms with van der Waals surface area (Å²) in [5.74, 6) is -0.0687. The fourth-order valence-corrected chi connectivity index (χ4v) is 3.31. The van der Waals surface area contributed by atoms with Crippen LogP contribution >= 0.6 is 0 Å². The highest BCUT2D eigenvalue weighted by atomic mass is 32.2. The molecule has 2 N–H and O–H groups in total. The van der Waals surface area contributed by atoms with Crippen molar-refractivity contribution in [3.8, 4) is 0 Å². The van der Waals surface area contributed by atoms with Gasteiger partial charge in [-0.15, -0.1) is 0 Å². The fourth-order valence-electron chi connectivity index (χ4n) is 1.66. The van der Waals surface area contributed by atoms with Gasteiger partial charge < -0.3 is 5.73 Å². The zero-order valence-corrected chi connectivity index (χ0v) is 11.7. The monoisotopic (exact) mass is 268 g/mol. The van der Waals surface area contributed by atoms with Crippen LogP contribution in [0.25, 0.3) is 0 Å². The number of nitrogens with zero attached hydrogens (tertiary/aromatic N) is 1. The topological polar surface area (TPSA) is 63.4 Å². The molecular formula is C13H20N2O2S. The maximum Gasteiger partial charge on any atom is 0.218 e. The quantitative estimate of drug-likeness (QED) is 0.634. The van der Waals surface area contributed by atoms with Crippen LogP contribution in [0.2, 0.25) is 0 Å². The lowest BCUT2D eigenvalue weighted by atomic mass is 10.2. The Morgan fingerprint density at radius 1 is 1.39 bits per heavy atom. The van der Waals surface area contributed by atoms with E-state index in [1.165, 1.54) is 4.31 Å². The molecule has 0 aliphatic heterocycles. The largest absolute Gasteiger partial charge is 0.398 e. The number of nitrogen functional groups attached to an aromatic ring is 1. The predicted molar refractivity (Wildman–Crippen MR) is 75.5 cm³/mol. The minimum absolute atomic E-state index is 0.0687. The third kappa shape index (κ3) is 3.85. The van der Waals surface area contributed by atoms with Gasteiger partial charge in [0.05, 0.1) is 5.75 Å². The molecule has 18 heavy (non-hydrogen) atoms.